The van der Waals surface area contributed by atoms with E-state index in [4.69, 9.17) is 21.4 Å². The fourth-order valence-corrected chi connectivity index (χ4v) is 1.37. The zero-order valence-corrected chi connectivity index (χ0v) is 12.6. The number of hydrogen-bond acceptors (Lipinski definition) is 4. The number of phosphoric acid groups is 1. The molecule has 0 atom stereocenters. The molecule has 6 nitrogen and oxygen atoms in total. The van der Waals surface area contributed by atoms with Crippen molar-refractivity contribution < 1.29 is 18.9 Å². The van der Waals surface area contributed by atoms with Gasteiger partial charge in [-0.25, -0.2) is 4.57 Å². The molecule has 0 aromatic heterocycles. The van der Waals surface area contributed by atoms with Gasteiger partial charge in [-0.05, 0) is 13.0 Å². The van der Waals surface area contributed by atoms with Crippen LogP contribution in [0, 0.1) is 0 Å². The van der Waals surface area contributed by atoms with E-state index in [1.165, 1.54) is 0 Å². The van der Waals surface area contributed by atoms with Gasteiger partial charge >= 0.3 is 7.82 Å². The van der Waals surface area contributed by atoms with Crippen molar-refractivity contribution in [2.45, 2.75) is 6.42 Å². The van der Waals surface area contributed by atoms with Crippen LogP contribution in [0.15, 0.2) is 0 Å². The number of rotatable bonds is 10. The number of nitrogens with one attached hydrogen (secondary N) is 2. The number of halogens is 3. The van der Waals surface area contributed by atoms with Gasteiger partial charge in [0.1, 0.15) is 0 Å². The number of phosphoric ester groups is 1. The summed E-state index contributed by atoms with van der Waals surface area (Å²) in [6.07, 6.45) is 0.570. The normalized spacial score (nSPS) is 10.5. The van der Waals surface area contributed by atoms with Crippen molar-refractivity contribution in [2.75, 3.05) is 38.7 Å². The minimum absolute atomic E-state index is 0. The van der Waals surface area contributed by atoms with E-state index in [2.05, 4.69) is 15.2 Å². The maximum absolute atomic E-state index is 10.3. The zero-order valence-electron chi connectivity index (χ0n) is 9.30. The predicted octanol–water partition coefficient (Wildman–Crippen LogP) is 0.747. The van der Waals surface area contributed by atoms with E-state index in [1.807, 2.05) is 0 Å². The van der Waals surface area contributed by atoms with Crippen molar-refractivity contribution in [1.82, 2.24) is 10.6 Å². The van der Waals surface area contributed by atoms with Gasteiger partial charge in [-0.1, -0.05) is 0 Å². The average Bonchev–Trinajstić information content (AvgIpc) is 2.14. The van der Waals surface area contributed by atoms with Crippen LogP contribution in [0.2, 0.25) is 0 Å². The number of hydrogen-bond donors (Lipinski definition) is 4. The van der Waals surface area contributed by atoms with Gasteiger partial charge in [-0.15, -0.1) is 36.4 Å². The molecule has 0 heterocycles. The highest BCUT2D eigenvalue weighted by Crippen LogP contribution is 2.35. The van der Waals surface area contributed by atoms with Crippen LogP contribution in [0.4, 0.5) is 0 Å². The highest BCUT2D eigenvalue weighted by Gasteiger charge is 2.12. The third-order valence-corrected chi connectivity index (χ3v) is 2.22. The van der Waals surface area contributed by atoms with Crippen molar-refractivity contribution in [3.05, 3.63) is 0 Å². The second kappa shape index (κ2) is 15.0. The minimum atomic E-state index is -4.29. The van der Waals surface area contributed by atoms with Crippen LogP contribution in [0.1, 0.15) is 6.42 Å². The first-order valence-corrected chi connectivity index (χ1v) is 6.80. The van der Waals surface area contributed by atoms with Gasteiger partial charge in [-0.2, -0.15) is 0 Å². The van der Waals surface area contributed by atoms with Crippen molar-refractivity contribution >= 4 is 44.2 Å². The summed E-state index contributed by atoms with van der Waals surface area (Å²) in [5.74, 6) is 0.593. The van der Waals surface area contributed by atoms with Gasteiger partial charge in [0.15, 0.2) is 0 Å². The predicted molar refractivity (Wildman–Crippen MR) is 73.6 cm³/mol. The van der Waals surface area contributed by atoms with Crippen LogP contribution in [0.3, 0.4) is 0 Å². The first-order chi connectivity index (χ1) is 7.06. The summed E-state index contributed by atoms with van der Waals surface area (Å²) in [6, 6.07) is 0. The summed E-state index contributed by atoms with van der Waals surface area (Å²) < 4.78 is 14.5. The summed E-state index contributed by atoms with van der Waals surface area (Å²) in [5.41, 5.74) is 0. The Labute approximate surface area is 119 Å². The molecule has 10 heteroatoms. The van der Waals surface area contributed by atoms with E-state index in [0.717, 1.165) is 19.6 Å². The van der Waals surface area contributed by atoms with E-state index < -0.39 is 7.82 Å². The van der Waals surface area contributed by atoms with Crippen molar-refractivity contribution in [2.24, 2.45) is 0 Å². The highest BCUT2D eigenvalue weighted by atomic mass is 35.5. The quantitative estimate of drug-likeness (QED) is 0.268. The molecule has 0 unspecified atom stereocenters. The standard InChI is InChI=1S/C7H18ClN2O4P.2ClH/c8-2-4-10-6-5-9-3-1-7-14-15(11,12)13;;/h9-10H,1-7H2,(H2,11,12,13);2*1H. The molecule has 0 fully saturated rings. The Hall–Kier alpha value is 0.900. The average molecular weight is 334 g/mol. The maximum Gasteiger partial charge on any atom is 0.469 e. The van der Waals surface area contributed by atoms with Crippen LogP contribution in [0.25, 0.3) is 0 Å². The molecule has 0 saturated carbocycles. The lowest BCUT2D eigenvalue weighted by Gasteiger charge is -2.06. The van der Waals surface area contributed by atoms with E-state index >= 15 is 0 Å². The number of alkyl halides is 1. The Morgan fingerprint density at radius 2 is 1.59 bits per heavy atom. The van der Waals surface area contributed by atoms with Crippen molar-refractivity contribution in [3.8, 4) is 0 Å². The Bertz CT molecular complexity index is 196. The Kier molecular flexibility index (Phi) is 20.3. The third kappa shape index (κ3) is 22.5. The van der Waals surface area contributed by atoms with E-state index in [-0.39, 0.29) is 31.4 Å². The largest absolute Gasteiger partial charge is 0.469 e. The Morgan fingerprint density at radius 1 is 1.06 bits per heavy atom. The second-order valence-electron chi connectivity index (χ2n) is 2.87. The van der Waals surface area contributed by atoms with Gasteiger partial charge < -0.3 is 20.4 Å². The first-order valence-electron chi connectivity index (χ1n) is 4.74. The molecular formula is C7H20Cl3N2O4P. The second-order valence-corrected chi connectivity index (χ2v) is 4.48. The van der Waals surface area contributed by atoms with E-state index in [1.54, 1.807) is 0 Å². The Balaban J connectivity index is -0.000000980. The van der Waals surface area contributed by atoms with Crippen molar-refractivity contribution in [3.63, 3.8) is 0 Å². The minimum Gasteiger partial charge on any atom is -0.315 e. The van der Waals surface area contributed by atoms with Gasteiger partial charge in [-0.3, -0.25) is 4.52 Å². The van der Waals surface area contributed by atoms with Crippen molar-refractivity contribution in [1.29, 1.82) is 0 Å². The molecule has 0 aromatic carbocycles. The van der Waals surface area contributed by atoms with Crippen LogP contribution < -0.4 is 10.6 Å². The van der Waals surface area contributed by atoms with Crippen LogP contribution >= 0.6 is 44.2 Å². The lowest BCUT2D eigenvalue weighted by Crippen LogP contribution is -2.29. The van der Waals surface area contributed by atoms with E-state index in [0.29, 0.717) is 18.8 Å². The smallest absolute Gasteiger partial charge is 0.315 e. The van der Waals surface area contributed by atoms with Crippen LogP contribution in [-0.4, -0.2) is 48.5 Å². The molecule has 0 aliphatic carbocycles. The summed E-state index contributed by atoms with van der Waals surface area (Å²) >= 11 is 5.45. The molecule has 0 amide bonds. The van der Waals surface area contributed by atoms with Gasteiger partial charge in [0, 0.05) is 25.5 Å². The molecule has 0 aromatic rings. The topological polar surface area (TPSA) is 90.8 Å². The van der Waals surface area contributed by atoms with Crippen LogP contribution in [-0.2, 0) is 9.09 Å². The monoisotopic (exact) mass is 332 g/mol. The highest BCUT2D eigenvalue weighted by molar-refractivity contribution is 7.46. The fourth-order valence-electron chi connectivity index (χ4n) is 0.874. The molecule has 0 saturated heterocycles. The summed E-state index contributed by atoms with van der Waals surface area (Å²) in [4.78, 5) is 16.7. The molecule has 108 valence electrons. The third-order valence-electron chi connectivity index (χ3n) is 1.51. The van der Waals surface area contributed by atoms with Gasteiger partial charge in [0.05, 0.1) is 6.61 Å². The molecular weight excluding hydrogens is 313 g/mol. The van der Waals surface area contributed by atoms with Gasteiger partial charge in [0.25, 0.3) is 0 Å². The molecule has 0 spiro atoms. The zero-order chi connectivity index (χ0) is 11.6. The summed E-state index contributed by atoms with van der Waals surface area (Å²) in [5, 5.41) is 6.19. The molecule has 0 rings (SSSR count). The van der Waals surface area contributed by atoms with Gasteiger partial charge in [0.2, 0.25) is 0 Å². The lowest BCUT2D eigenvalue weighted by molar-refractivity contribution is 0.194. The molecule has 0 aliphatic heterocycles. The summed E-state index contributed by atoms with van der Waals surface area (Å²) in [6.45, 7) is 3.14. The van der Waals surface area contributed by atoms with E-state index in [9.17, 15) is 4.57 Å². The molecule has 0 bridgehead atoms. The fraction of sp³-hybridized carbons (Fsp3) is 1.00. The SMILES string of the molecule is Cl.Cl.O=P(O)(O)OCCCNCCNCCCl. The summed E-state index contributed by atoms with van der Waals surface area (Å²) in [7, 11) is -4.29. The lowest BCUT2D eigenvalue weighted by atomic mass is 10.4. The maximum atomic E-state index is 10.3. The first kappa shape index (κ1) is 23.0. The Morgan fingerprint density at radius 3 is 2.06 bits per heavy atom. The molecule has 17 heavy (non-hydrogen) atoms. The molecule has 4 N–H and O–H groups in total. The molecule has 0 aliphatic rings. The van der Waals surface area contributed by atoms with Crippen LogP contribution in [0.5, 0.6) is 0 Å². The molecule has 0 radical (unpaired) electrons.